The zero-order valence-corrected chi connectivity index (χ0v) is 13.5. The first-order valence-corrected chi connectivity index (χ1v) is 8.56. The van der Waals surface area contributed by atoms with Crippen LogP contribution in [0.3, 0.4) is 0 Å². The molecule has 1 atom stereocenters. The van der Waals surface area contributed by atoms with Crippen LogP contribution < -0.4 is 4.74 Å². The monoisotopic (exact) mass is 342 g/mol. The van der Waals surface area contributed by atoms with Gasteiger partial charge in [0.25, 0.3) is 0 Å². The third kappa shape index (κ3) is 3.11. The highest BCUT2D eigenvalue weighted by Gasteiger charge is 2.23. The lowest BCUT2D eigenvalue weighted by Gasteiger charge is -2.16. The first kappa shape index (κ1) is 13.8. The van der Waals surface area contributed by atoms with Gasteiger partial charge in [-0.3, -0.25) is 0 Å². The predicted octanol–water partition coefficient (Wildman–Crippen LogP) is 5.63. The van der Waals surface area contributed by atoms with Crippen molar-refractivity contribution in [2.45, 2.75) is 50.3 Å². The van der Waals surface area contributed by atoms with Crippen molar-refractivity contribution in [2.24, 2.45) is 5.92 Å². The molecule has 1 aliphatic carbocycles. The minimum Gasteiger partial charge on any atom is -0.493 e. The van der Waals surface area contributed by atoms with Crippen molar-refractivity contribution in [3.8, 4) is 5.75 Å². The second kappa shape index (κ2) is 6.05. The molecule has 3 heteroatoms. The summed E-state index contributed by atoms with van der Waals surface area (Å²) in [5.74, 6) is 1.96. The Morgan fingerprint density at radius 3 is 2.89 bits per heavy atom. The highest BCUT2D eigenvalue weighted by atomic mass is 79.9. The average molecular weight is 344 g/mol. The number of halogens is 2. The van der Waals surface area contributed by atoms with E-state index in [2.05, 4.69) is 28.1 Å². The molecule has 0 amide bonds. The van der Waals surface area contributed by atoms with Gasteiger partial charge in [-0.25, -0.2) is 0 Å². The highest BCUT2D eigenvalue weighted by Crippen LogP contribution is 2.41. The van der Waals surface area contributed by atoms with Gasteiger partial charge in [-0.1, -0.05) is 41.6 Å². The Bertz CT molecular complexity index is 454. The van der Waals surface area contributed by atoms with Crippen LogP contribution in [0.15, 0.2) is 16.6 Å². The summed E-state index contributed by atoms with van der Waals surface area (Å²) in [7, 11) is 0. The van der Waals surface area contributed by atoms with Crippen LogP contribution in [0, 0.1) is 5.92 Å². The largest absolute Gasteiger partial charge is 0.493 e. The van der Waals surface area contributed by atoms with Gasteiger partial charge < -0.3 is 4.74 Å². The highest BCUT2D eigenvalue weighted by molar-refractivity contribution is 9.10. The third-order valence-electron chi connectivity index (χ3n) is 4.42. The summed E-state index contributed by atoms with van der Waals surface area (Å²) in [5.41, 5.74) is 2.48. The lowest BCUT2D eigenvalue weighted by atomic mass is 9.96. The normalized spacial score (nSPS) is 20.3. The summed E-state index contributed by atoms with van der Waals surface area (Å²) >= 11 is 10.2. The van der Waals surface area contributed by atoms with E-state index in [-0.39, 0.29) is 5.38 Å². The van der Waals surface area contributed by atoms with Crippen LogP contribution in [0.1, 0.15) is 55.0 Å². The van der Waals surface area contributed by atoms with Crippen molar-refractivity contribution in [2.75, 3.05) is 6.61 Å². The van der Waals surface area contributed by atoms with Gasteiger partial charge in [0.15, 0.2) is 0 Å². The number of rotatable bonds is 4. The van der Waals surface area contributed by atoms with Crippen LogP contribution in [-0.4, -0.2) is 6.61 Å². The molecule has 1 aromatic rings. The molecule has 0 N–H and O–H groups in total. The van der Waals surface area contributed by atoms with Crippen LogP contribution in [0.4, 0.5) is 0 Å². The molecule has 0 bridgehead atoms. The van der Waals surface area contributed by atoms with E-state index in [1.807, 2.05) is 0 Å². The van der Waals surface area contributed by atoms with Crippen molar-refractivity contribution >= 4 is 27.5 Å². The maximum absolute atomic E-state index is 6.64. The number of hydrogen-bond acceptors (Lipinski definition) is 1. The van der Waals surface area contributed by atoms with Crippen LogP contribution in [0.25, 0.3) is 0 Å². The van der Waals surface area contributed by atoms with Crippen LogP contribution in [0.2, 0.25) is 0 Å². The average Bonchev–Trinajstić information content (AvgIpc) is 3.05. The fraction of sp³-hybridized carbons (Fsp3) is 0.625. The van der Waals surface area contributed by atoms with Crippen molar-refractivity contribution in [1.29, 1.82) is 0 Å². The molecule has 0 spiro atoms. The Hall–Kier alpha value is -0.210. The van der Waals surface area contributed by atoms with Gasteiger partial charge in [0.05, 0.1) is 12.0 Å². The Morgan fingerprint density at radius 2 is 2.11 bits per heavy atom. The molecule has 1 aliphatic heterocycles. The van der Waals surface area contributed by atoms with Crippen LogP contribution in [-0.2, 0) is 6.42 Å². The molecule has 104 valence electrons. The van der Waals surface area contributed by atoms with Gasteiger partial charge in [0, 0.05) is 16.5 Å². The van der Waals surface area contributed by atoms with Gasteiger partial charge in [-0.05, 0) is 36.5 Å². The second-order valence-corrected chi connectivity index (χ2v) is 7.22. The summed E-state index contributed by atoms with van der Waals surface area (Å²) < 4.78 is 6.90. The topological polar surface area (TPSA) is 9.23 Å². The van der Waals surface area contributed by atoms with Crippen molar-refractivity contribution < 1.29 is 4.74 Å². The van der Waals surface area contributed by atoms with Gasteiger partial charge in [0.1, 0.15) is 5.75 Å². The lowest BCUT2D eigenvalue weighted by molar-refractivity contribution is 0.352. The number of hydrogen-bond donors (Lipinski definition) is 0. The Labute approximate surface area is 128 Å². The summed E-state index contributed by atoms with van der Waals surface area (Å²) in [4.78, 5) is 0. The molecule has 1 aromatic carbocycles. The standard InChI is InChI=1S/C16H20BrClO/c17-13-9-12-7-8-19-16(12)14(10-13)15(18)6-5-11-3-1-2-4-11/h9-11,15H,1-8H2. The number of alkyl halides is 1. The number of benzene rings is 1. The van der Waals surface area contributed by atoms with E-state index in [9.17, 15) is 0 Å². The van der Waals surface area contributed by atoms with Crippen molar-refractivity contribution in [1.82, 2.24) is 0 Å². The maximum atomic E-state index is 6.64. The van der Waals surface area contributed by atoms with Gasteiger partial charge >= 0.3 is 0 Å². The fourth-order valence-electron chi connectivity index (χ4n) is 3.37. The molecule has 0 aromatic heterocycles. The van der Waals surface area contributed by atoms with E-state index in [1.165, 1.54) is 43.2 Å². The van der Waals surface area contributed by atoms with Gasteiger partial charge in [0.2, 0.25) is 0 Å². The Morgan fingerprint density at radius 1 is 1.32 bits per heavy atom. The molecule has 3 rings (SSSR count). The maximum Gasteiger partial charge on any atom is 0.127 e. The van der Waals surface area contributed by atoms with Crippen LogP contribution in [0.5, 0.6) is 5.75 Å². The molecule has 0 saturated heterocycles. The molecule has 1 nitrogen and oxygen atoms in total. The van der Waals surface area contributed by atoms with E-state index in [0.717, 1.165) is 35.6 Å². The quantitative estimate of drug-likeness (QED) is 0.643. The molecule has 1 unspecified atom stereocenters. The summed E-state index contributed by atoms with van der Waals surface area (Å²) in [6, 6.07) is 4.29. The van der Waals surface area contributed by atoms with Gasteiger partial charge in [-0.15, -0.1) is 11.6 Å². The zero-order valence-electron chi connectivity index (χ0n) is 11.1. The lowest BCUT2D eigenvalue weighted by Crippen LogP contribution is -2.00. The zero-order chi connectivity index (χ0) is 13.2. The third-order valence-corrected chi connectivity index (χ3v) is 5.33. The van der Waals surface area contributed by atoms with E-state index in [4.69, 9.17) is 16.3 Å². The molecule has 1 heterocycles. The number of fused-ring (bicyclic) bond motifs is 1. The van der Waals surface area contributed by atoms with E-state index < -0.39 is 0 Å². The molecule has 2 aliphatic rings. The molecule has 1 fully saturated rings. The molecule has 1 saturated carbocycles. The number of ether oxygens (including phenoxy) is 1. The molecule has 0 radical (unpaired) electrons. The van der Waals surface area contributed by atoms with E-state index >= 15 is 0 Å². The molecular weight excluding hydrogens is 324 g/mol. The second-order valence-electron chi connectivity index (χ2n) is 5.78. The molecule has 19 heavy (non-hydrogen) atoms. The van der Waals surface area contributed by atoms with Crippen molar-refractivity contribution in [3.63, 3.8) is 0 Å². The molecular formula is C16H20BrClO. The van der Waals surface area contributed by atoms with E-state index in [0.29, 0.717) is 0 Å². The Kier molecular flexibility index (Phi) is 4.38. The van der Waals surface area contributed by atoms with Gasteiger partial charge in [-0.2, -0.15) is 0 Å². The minimum absolute atomic E-state index is 0.0879. The summed E-state index contributed by atoms with van der Waals surface area (Å²) in [6.45, 7) is 0.797. The minimum atomic E-state index is 0.0879. The van der Waals surface area contributed by atoms with Crippen molar-refractivity contribution in [3.05, 3.63) is 27.7 Å². The first-order valence-electron chi connectivity index (χ1n) is 7.33. The summed E-state index contributed by atoms with van der Waals surface area (Å²) in [5, 5.41) is 0.0879. The first-order chi connectivity index (χ1) is 9.24. The van der Waals surface area contributed by atoms with Crippen LogP contribution >= 0.6 is 27.5 Å². The fourth-order valence-corrected chi connectivity index (χ4v) is 4.18. The predicted molar refractivity (Wildman–Crippen MR) is 83.1 cm³/mol. The van der Waals surface area contributed by atoms with E-state index in [1.54, 1.807) is 0 Å². The smallest absolute Gasteiger partial charge is 0.127 e. The Balaban J connectivity index is 1.70. The SMILES string of the molecule is ClC(CCC1CCCC1)c1cc(Br)cc2c1OCC2. The summed E-state index contributed by atoms with van der Waals surface area (Å²) in [6.07, 6.45) is 8.95.